The van der Waals surface area contributed by atoms with E-state index >= 15 is 0 Å². The lowest BCUT2D eigenvalue weighted by Crippen LogP contribution is -2.01. The number of benzene rings is 2. The number of nitrogen functional groups attached to an aromatic ring is 1. The zero-order valence-electron chi connectivity index (χ0n) is 10.6. The van der Waals surface area contributed by atoms with E-state index in [1.54, 1.807) is 34.9 Å². The molecule has 2 N–H and O–H groups in total. The number of fused-ring (bicyclic) bond motifs is 1. The molecule has 0 unspecified atom stereocenters. The molecule has 102 valence electrons. The van der Waals surface area contributed by atoms with Crippen LogP contribution in [0.3, 0.4) is 0 Å². The molecule has 0 aliphatic heterocycles. The van der Waals surface area contributed by atoms with Crippen molar-refractivity contribution in [2.24, 2.45) is 0 Å². The lowest BCUT2D eigenvalue weighted by molar-refractivity contribution is 0.386. The van der Waals surface area contributed by atoms with Crippen molar-refractivity contribution in [2.75, 3.05) is 12.8 Å². The molecule has 0 atom stereocenters. The second-order valence-electron chi connectivity index (χ2n) is 4.26. The first-order valence-corrected chi connectivity index (χ1v) is 6.25. The predicted octanol–water partition coefficient (Wildman–Crippen LogP) is 3.41. The third-order valence-electron chi connectivity index (χ3n) is 3.04. The monoisotopic (exact) mass is 291 g/mol. The molecular formula is C14H11ClFN3O. The maximum atomic E-state index is 13.5. The van der Waals surface area contributed by atoms with Gasteiger partial charge >= 0.3 is 0 Å². The number of methoxy groups -OCH3 is 1. The Bertz CT molecular complexity index is 800. The van der Waals surface area contributed by atoms with Crippen molar-refractivity contribution in [1.82, 2.24) is 9.55 Å². The van der Waals surface area contributed by atoms with Gasteiger partial charge in [-0.3, -0.25) is 4.57 Å². The Hall–Kier alpha value is -2.27. The molecule has 3 aromatic rings. The second-order valence-corrected chi connectivity index (χ2v) is 4.69. The van der Waals surface area contributed by atoms with Crippen molar-refractivity contribution in [3.63, 3.8) is 0 Å². The van der Waals surface area contributed by atoms with Crippen molar-refractivity contribution in [2.45, 2.75) is 0 Å². The van der Waals surface area contributed by atoms with Crippen molar-refractivity contribution < 1.29 is 9.13 Å². The molecule has 0 spiro atoms. The number of ether oxygens (including phenoxy) is 1. The molecule has 0 aliphatic rings. The molecule has 1 heterocycles. The number of nitrogens with zero attached hydrogens (tertiary/aromatic N) is 2. The number of hydrogen-bond donors (Lipinski definition) is 1. The van der Waals surface area contributed by atoms with Crippen molar-refractivity contribution in [3.05, 3.63) is 47.2 Å². The first-order valence-electron chi connectivity index (χ1n) is 5.87. The number of imidazole rings is 1. The minimum Gasteiger partial charge on any atom is -0.494 e. The number of halogens is 2. The summed E-state index contributed by atoms with van der Waals surface area (Å²) in [6.45, 7) is 0. The summed E-state index contributed by atoms with van der Waals surface area (Å²) in [6, 6.07) is 9.78. The van der Waals surface area contributed by atoms with Crippen LogP contribution in [0.25, 0.3) is 16.7 Å². The molecule has 2 aromatic carbocycles. The van der Waals surface area contributed by atoms with E-state index in [2.05, 4.69) is 4.98 Å². The normalized spacial score (nSPS) is 10.9. The van der Waals surface area contributed by atoms with Gasteiger partial charge in [-0.25, -0.2) is 9.37 Å². The fourth-order valence-corrected chi connectivity index (χ4v) is 2.29. The molecule has 0 bridgehead atoms. The van der Waals surface area contributed by atoms with Gasteiger partial charge in [0, 0.05) is 11.1 Å². The number of hydrogen-bond acceptors (Lipinski definition) is 3. The first-order chi connectivity index (χ1) is 9.60. The zero-order chi connectivity index (χ0) is 14.3. The zero-order valence-corrected chi connectivity index (χ0v) is 11.4. The third-order valence-corrected chi connectivity index (χ3v) is 3.27. The molecule has 0 saturated heterocycles. The maximum Gasteiger partial charge on any atom is 0.205 e. The van der Waals surface area contributed by atoms with Gasteiger partial charge in [0.2, 0.25) is 5.95 Å². The molecule has 4 nitrogen and oxygen atoms in total. The number of rotatable bonds is 2. The van der Waals surface area contributed by atoms with Gasteiger partial charge in [0.1, 0.15) is 0 Å². The summed E-state index contributed by atoms with van der Waals surface area (Å²) in [5.74, 6) is 0.0129. The fraction of sp³-hybridized carbons (Fsp3) is 0.0714. The number of anilines is 1. The lowest BCUT2D eigenvalue weighted by atomic mass is 10.2. The van der Waals surface area contributed by atoms with Crippen LogP contribution in [0.4, 0.5) is 10.3 Å². The van der Waals surface area contributed by atoms with Crippen LogP contribution in [0.15, 0.2) is 36.4 Å². The Labute approximate surface area is 119 Å². The highest BCUT2D eigenvalue weighted by Crippen LogP contribution is 2.28. The summed E-state index contributed by atoms with van der Waals surface area (Å²) in [5, 5.41) is 0.577. The van der Waals surface area contributed by atoms with E-state index in [9.17, 15) is 4.39 Å². The van der Waals surface area contributed by atoms with Gasteiger partial charge in [-0.2, -0.15) is 0 Å². The maximum absolute atomic E-state index is 13.5. The van der Waals surface area contributed by atoms with Gasteiger partial charge in [-0.05, 0) is 30.3 Å². The summed E-state index contributed by atoms with van der Waals surface area (Å²) in [5.41, 5.74) is 8.07. The molecule has 6 heteroatoms. The Kier molecular flexibility index (Phi) is 2.99. The van der Waals surface area contributed by atoms with Crippen molar-refractivity contribution >= 4 is 28.6 Å². The first kappa shape index (κ1) is 12.7. The largest absolute Gasteiger partial charge is 0.494 e. The molecule has 0 aliphatic carbocycles. The van der Waals surface area contributed by atoms with Crippen LogP contribution >= 0.6 is 11.6 Å². The summed E-state index contributed by atoms with van der Waals surface area (Å²) < 4.78 is 20.2. The number of nitrogens with two attached hydrogens (primary N) is 1. The summed E-state index contributed by atoms with van der Waals surface area (Å²) >= 11 is 6.00. The molecule has 0 amide bonds. The van der Waals surface area contributed by atoms with E-state index in [-0.39, 0.29) is 5.75 Å². The van der Waals surface area contributed by atoms with Gasteiger partial charge in [0.05, 0.1) is 23.8 Å². The molecule has 1 aromatic heterocycles. The lowest BCUT2D eigenvalue weighted by Gasteiger charge is -2.09. The predicted molar refractivity (Wildman–Crippen MR) is 77.0 cm³/mol. The van der Waals surface area contributed by atoms with Crippen molar-refractivity contribution in [3.8, 4) is 11.4 Å². The Balaban J connectivity index is 2.28. The van der Waals surface area contributed by atoms with E-state index in [0.717, 1.165) is 11.0 Å². The summed E-state index contributed by atoms with van der Waals surface area (Å²) in [7, 11) is 1.41. The molecule has 3 rings (SSSR count). The molecule has 0 radical (unpaired) electrons. The van der Waals surface area contributed by atoms with Crippen molar-refractivity contribution in [1.29, 1.82) is 0 Å². The van der Waals surface area contributed by atoms with Crippen LogP contribution < -0.4 is 10.5 Å². The van der Waals surface area contributed by atoms with E-state index in [0.29, 0.717) is 16.7 Å². The van der Waals surface area contributed by atoms with E-state index < -0.39 is 5.82 Å². The quantitative estimate of drug-likeness (QED) is 0.787. The summed E-state index contributed by atoms with van der Waals surface area (Å²) in [6.07, 6.45) is 0. The minimum atomic E-state index is -0.433. The average Bonchev–Trinajstić information content (AvgIpc) is 2.75. The van der Waals surface area contributed by atoms with E-state index in [1.165, 1.54) is 13.2 Å². The van der Waals surface area contributed by atoms with Gasteiger partial charge < -0.3 is 10.5 Å². The molecule has 20 heavy (non-hydrogen) atoms. The van der Waals surface area contributed by atoms with E-state index in [4.69, 9.17) is 22.1 Å². The highest BCUT2D eigenvalue weighted by molar-refractivity contribution is 6.31. The Morgan fingerprint density at radius 1 is 1.25 bits per heavy atom. The highest BCUT2D eigenvalue weighted by Gasteiger charge is 2.12. The van der Waals surface area contributed by atoms with Crippen LogP contribution in [-0.4, -0.2) is 16.7 Å². The van der Waals surface area contributed by atoms with Gasteiger partial charge in [0.25, 0.3) is 0 Å². The SMILES string of the molecule is COc1cc(-n2c(N)nc3ccc(Cl)cc32)ccc1F. The molecule has 0 fully saturated rings. The van der Waals surface area contributed by atoms with Crippen LogP contribution in [0.1, 0.15) is 0 Å². The topological polar surface area (TPSA) is 53.1 Å². The summed E-state index contributed by atoms with van der Waals surface area (Å²) in [4.78, 5) is 4.26. The minimum absolute atomic E-state index is 0.144. The number of aromatic nitrogens is 2. The van der Waals surface area contributed by atoms with Gasteiger partial charge in [0.15, 0.2) is 11.6 Å². The Morgan fingerprint density at radius 2 is 2.05 bits per heavy atom. The Morgan fingerprint density at radius 3 is 2.80 bits per heavy atom. The van der Waals surface area contributed by atoms with Crippen LogP contribution in [-0.2, 0) is 0 Å². The standard InChI is InChI=1S/C14H11ClFN3O/c1-20-13-7-9(3-4-10(13)16)19-12-6-8(15)2-5-11(12)18-14(19)17/h2-7H,1H3,(H2,17,18). The molecule has 0 saturated carbocycles. The molecular weight excluding hydrogens is 281 g/mol. The van der Waals surface area contributed by atoms with Gasteiger partial charge in [-0.15, -0.1) is 0 Å². The average molecular weight is 292 g/mol. The van der Waals surface area contributed by atoms with Crippen LogP contribution in [0.2, 0.25) is 5.02 Å². The second kappa shape index (κ2) is 4.68. The van der Waals surface area contributed by atoms with Gasteiger partial charge in [-0.1, -0.05) is 11.6 Å². The fourth-order valence-electron chi connectivity index (χ4n) is 2.13. The van der Waals surface area contributed by atoms with Crippen LogP contribution in [0, 0.1) is 5.82 Å². The van der Waals surface area contributed by atoms with Crippen LogP contribution in [0.5, 0.6) is 5.75 Å². The highest BCUT2D eigenvalue weighted by atomic mass is 35.5. The third kappa shape index (κ3) is 1.96. The smallest absolute Gasteiger partial charge is 0.205 e. The van der Waals surface area contributed by atoms with E-state index in [1.807, 2.05) is 0 Å².